The zero-order valence-corrected chi connectivity index (χ0v) is 9.13. The molecule has 0 amide bonds. The van der Waals surface area contributed by atoms with Crippen LogP contribution in [0.15, 0.2) is 29.2 Å². The molecular formula is C11H15NOS. The first-order valence-corrected chi connectivity index (χ1v) is 5.70. The van der Waals surface area contributed by atoms with Gasteiger partial charge in [0, 0.05) is 23.0 Å². The summed E-state index contributed by atoms with van der Waals surface area (Å²) in [5, 5.41) is 0. The van der Waals surface area contributed by atoms with Gasteiger partial charge in [0.1, 0.15) is 0 Å². The van der Waals surface area contributed by atoms with Crippen molar-refractivity contribution in [2.75, 3.05) is 13.6 Å². The van der Waals surface area contributed by atoms with Crippen molar-refractivity contribution in [2.24, 2.45) is 0 Å². The standard InChI is InChI=1S/C11H15NOS/c1-12-8-2-3-11(12)9-4-6-10(14-13)7-5-9/h4-7,11,13H,2-3,8H2,1H3. The van der Waals surface area contributed by atoms with Crippen molar-refractivity contribution in [1.29, 1.82) is 0 Å². The van der Waals surface area contributed by atoms with Crippen LogP contribution < -0.4 is 0 Å². The third-order valence-corrected chi connectivity index (χ3v) is 3.37. The number of hydrogen-bond acceptors (Lipinski definition) is 3. The molecule has 1 unspecified atom stereocenters. The van der Waals surface area contributed by atoms with Crippen molar-refractivity contribution in [3.8, 4) is 0 Å². The molecule has 1 aliphatic rings. The van der Waals surface area contributed by atoms with Crippen molar-refractivity contribution >= 4 is 12.0 Å². The smallest absolute Gasteiger partial charge is 0.0351 e. The summed E-state index contributed by atoms with van der Waals surface area (Å²) in [6, 6.07) is 8.77. The minimum absolute atomic E-state index is 0.577. The lowest BCUT2D eigenvalue weighted by molar-refractivity contribution is 0.317. The fourth-order valence-corrected chi connectivity index (χ4v) is 2.34. The summed E-state index contributed by atoms with van der Waals surface area (Å²) in [6.07, 6.45) is 2.54. The Balaban J connectivity index is 2.16. The van der Waals surface area contributed by atoms with E-state index >= 15 is 0 Å². The Bertz CT molecular complexity index is 299. The number of hydrogen-bond donors (Lipinski definition) is 1. The summed E-state index contributed by atoms with van der Waals surface area (Å²) in [4.78, 5) is 3.30. The van der Waals surface area contributed by atoms with Crippen molar-refractivity contribution in [3.05, 3.63) is 29.8 Å². The molecule has 1 saturated heterocycles. The van der Waals surface area contributed by atoms with Gasteiger partial charge in [-0.3, -0.25) is 4.90 Å². The lowest BCUT2D eigenvalue weighted by Crippen LogP contribution is -2.17. The maximum atomic E-state index is 8.85. The number of likely N-dealkylation sites (tertiary alicyclic amines) is 1. The molecule has 76 valence electrons. The van der Waals surface area contributed by atoms with E-state index in [0.29, 0.717) is 6.04 Å². The Hall–Kier alpha value is -0.510. The minimum Gasteiger partial charge on any atom is -0.325 e. The van der Waals surface area contributed by atoms with Crippen LogP contribution in [0.1, 0.15) is 24.4 Å². The Morgan fingerprint density at radius 2 is 2.07 bits per heavy atom. The third-order valence-electron chi connectivity index (χ3n) is 2.89. The van der Waals surface area contributed by atoms with Crippen molar-refractivity contribution in [2.45, 2.75) is 23.8 Å². The maximum absolute atomic E-state index is 8.85. The summed E-state index contributed by atoms with van der Waals surface area (Å²) in [5.41, 5.74) is 1.36. The predicted octanol–water partition coefficient (Wildman–Crippen LogP) is 3.02. The average molecular weight is 209 g/mol. The Kier molecular flexibility index (Phi) is 3.11. The van der Waals surface area contributed by atoms with E-state index in [1.54, 1.807) is 0 Å². The molecule has 0 aliphatic carbocycles. The van der Waals surface area contributed by atoms with Crippen LogP contribution >= 0.6 is 12.0 Å². The number of rotatable bonds is 2. The molecule has 0 aromatic heterocycles. The van der Waals surface area contributed by atoms with Gasteiger partial charge in [-0.05, 0) is 44.1 Å². The lowest BCUT2D eigenvalue weighted by Gasteiger charge is -2.19. The molecule has 0 radical (unpaired) electrons. The summed E-state index contributed by atoms with van der Waals surface area (Å²) >= 11 is 0.807. The molecule has 1 atom stereocenters. The quantitative estimate of drug-likeness (QED) is 0.757. The molecule has 1 heterocycles. The van der Waals surface area contributed by atoms with Gasteiger partial charge >= 0.3 is 0 Å². The van der Waals surface area contributed by atoms with Gasteiger partial charge in [0.05, 0.1) is 0 Å². The van der Waals surface area contributed by atoms with Crippen LogP contribution in [0.4, 0.5) is 0 Å². The Morgan fingerprint density at radius 1 is 1.36 bits per heavy atom. The molecule has 1 aromatic carbocycles. The fraction of sp³-hybridized carbons (Fsp3) is 0.455. The molecule has 2 rings (SSSR count). The lowest BCUT2D eigenvalue weighted by atomic mass is 10.1. The van der Waals surface area contributed by atoms with Crippen molar-refractivity contribution < 1.29 is 4.55 Å². The SMILES string of the molecule is CN1CCCC1c1ccc(SO)cc1. The molecule has 1 fully saturated rings. The van der Waals surface area contributed by atoms with E-state index in [2.05, 4.69) is 24.1 Å². The van der Waals surface area contributed by atoms with E-state index in [9.17, 15) is 0 Å². The average Bonchev–Trinajstić information content (AvgIpc) is 2.65. The van der Waals surface area contributed by atoms with E-state index in [4.69, 9.17) is 4.55 Å². The van der Waals surface area contributed by atoms with E-state index < -0.39 is 0 Å². The Labute approximate surface area is 89.1 Å². The van der Waals surface area contributed by atoms with Gasteiger partial charge < -0.3 is 4.55 Å². The molecule has 0 bridgehead atoms. The maximum Gasteiger partial charge on any atom is 0.0351 e. The number of benzene rings is 1. The van der Waals surface area contributed by atoms with Gasteiger partial charge in [-0.15, -0.1) is 0 Å². The van der Waals surface area contributed by atoms with Crippen LogP contribution in [0.5, 0.6) is 0 Å². The van der Waals surface area contributed by atoms with Gasteiger partial charge in [0.2, 0.25) is 0 Å². The van der Waals surface area contributed by atoms with Crippen LogP contribution in [0.3, 0.4) is 0 Å². The third kappa shape index (κ3) is 1.95. The van der Waals surface area contributed by atoms with Crippen LogP contribution in [-0.2, 0) is 0 Å². The Morgan fingerprint density at radius 3 is 2.57 bits per heavy atom. The highest BCUT2D eigenvalue weighted by molar-refractivity contribution is 7.93. The van der Waals surface area contributed by atoms with Gasteiger partial charge in [0.25, 0.3) is 0 Å². The van der Waals surface area contributed by atoms with Crippen LogP contribution in [-0.4, -0.2) is 23.0 Å². The zero-order valence-electron chi connectivity index (χ0n) is 8.31. The normalized spacial score (nSPS) is 22.9. The van der Waals surface area contributed by atoms with Gasteiger partial charge in [-0.1, -0.05) is 12.1 Å². The highest BCUT2D eigenvalue weighted by atomic mass is 32.2. The minimum atomic E-state index is 0.577. The van der Waals surface area contributed by atoms with E-state index in [-0.39, 0.29) is 0 Å². The second kappa shape index (κ2) is 4.34. The van der Waals surface area contributed by atoms with Crippen molar-refractivity contribution in [3.63, 3.8) is 0 Å². The van der Waals surface area contributed by atoms with Crippen molar-refractivity contribution in [1.82, 2.24) is 4.90 Å². The summed E-state index contributed by atoms with van der Waals surface area (Å²) in [7, 11) is 2.17. The first-order chi connectivity index (χ1) is 6.81. The molecule has 1 aromatic rings. The molecular weight excluding hydrogens is 194 g/mol. The molecule has 2 nitrogen and oxygen atoms in total. The topological polar surface area (TPSA) is 23.5 Å². The van der Waals surface area contributed by atoms with Crippen LogP contribution in [0, 0.1) is 0 Å². The molecule has 0 saturated carbocycles. The predicted molar refractivity (Wildman–Crippen MR) is 59.5 cm³/mol. The second-order valence-electron chi connectivity index (χ2n) is 3.80. The largest absolute Gasteiger partial charge is 0.325 e. The van der Waals surface area contributed by atoms with Crippen LogP contribution in [0.2, 0.25) is 0 Å². The highest BCUT2D eigenvalue weighted by Crippen LogP contribution is 2.30. The summed E-state index contributed by atoms with van der Waals surface area (Å²) in [6.45, 7) is 1.20. The van der Waals surface area contributed by atoms with Gasteiger partial charge in [-0.25, -0.2) is 0 Å². The molecule has 1 aliphatic heterocycles. The first kappa shape index (κ1) is 10.0. The first-order valence-electron chi connectivity index (χ1n) is 4.93. The molecule has 3 heteroatoms. The molecule has 0 spiro atoms. The van der Waals surface area contributed by atoms with E-state index in [1.807, 2.05) is 12.1 Å². The highest BCUT2D eigenvalue weighted by Gasteiger charge is 2.21. The van der Waals surface area contributed by atoms with Gasteiger partial charge in [-0.2, -0.15) is 0 Å². The fourth-order valence-electron chi connectivity index (χ4n) is 2.08. The van der Waals surface area contributed by atoms with E-state index in [0.717, 1.165) is 16.9 Å². The second-order valence-corrected chi connectivity index (χ2v) is 4.45. The monoisotopic (exact) mass is 209 g/mol. The van der Waals surface area contributed by atoms with E-state index in [1.165, 1.54) is 24.9 Å². The summed E-state index contributed by atoms with van der Waals surface area (Å²) in [5.74, 6) is 0. The summed E-state index contributed by atoms with van der Waals surface area (Å²) < 4.78 is 8.85. The number of nitrogens with zero attached hydrogens (tertiary/aromatic N) is 1. The molecule has 14 heavy (non-hydrogen) atoms. The van der Waals surface area contributed by atoms with Gasteiger partial charge in [0.15, 0.2) is 0 Å². The molecule has 1 N–H and O–H groups in total. The van der Waals surface area contributed by atoms with Crippen LogP contribution in [0.25, 0.3) is 0 Å². The zero-order chi connectivity index (χ0) is 9.97.